The summed E-state index contributed by atoms with van der Waals surface area (Å²) in [6, 6.07) is 13.3. The van der Waals surface area contributed by atoms with Crippen LogP contribution in [0.15, 0.2) is 47.4 Å². The zero-order valence-electron chi connectivity index (χ0n) is 20.2. The lowest BCUT2D eigenvalue weighted by atomic mass is 9.96. The largest absolute Gasteiger partial charge is 0.462 e. The first-order chi connectivity index (χ1) is 16.0. The van der Waals surface area contributed by atoms with Gasteiger partial charge in [0.15, 0.2) is 0 Å². The third-order valence-electron chi connectivity index (χ3n) is 5.74. The Kier molecular flexibility index (Phi) is 8.44. The number of hydrogen-bond acceptors (Lipinski definition) is 4. The number of benzene rings is 2. The summed E-state index contributed by atoms with van der Waals surface area (Å²) >= 11 is 6.26. The molecular weight excluding hydrogens is 472 g/mol. The highest BCUT2D eigenvalue weighted by Gasteiger charge is 2.24. The lowest BCUT2D eigenvalue weighted by molar-refractivity contribution is -0.138. The molecule has 1 saturated carbocycles. The maximum absolute atomic E-state index is 12.9. The van der Waals surface area contributed by atoms with E-state index >= 15 is 0 Å². The van der Waals surface area contributed by atoms with E-state index in [1.807, 2.05) is 39.0 Å². The first-order valence-corrected chi connectivity index (χ1v) is 13.4. The Morgan fingerprint density at radius 2 is 1.79 bits per heavy atom. The van der Waals surface area contributed by atoms with Gasteiger partial charge in [0.25, 0.3) is 6.47 Å². The number of hydrogen-bond donors (Lipinski definition) is 2. The van der Waals surface area contributed by atoms with E-state index in [1.165, 1.54) is 12.0 Å². The molecule has 1 aliphatic rings. The molecule has 0 radical (unpaired) electrons. The molecule has 8 heteroatoms. The fourth-order valence-electron chi connectivity index (χ4n) is 3.99. The first kappa shape index (κ1) is 26.3. The van der Waals surface area contributed by atoms with Crippen LogP contribution in [0.4, 0.5) is 0 Å². The highest BCUT2D eigenvalue weighted by molar-refractivity contribution is 7.89. The normalized spacial score (nSPS) is 15.0. The Balaban J connectivity index is 0.000000406. The van der Waals surface area contributed by atoms with Crippen LogP contribution in [0.3, 0.4) is 0 Å². The number of aromatic amines is 1. The molecule has 0 spiro atoms. The summed E-state index contributed by atoms with van der Waals surface area (Å²) in [6.07, 6.45) is 5.08. The second kappa shape index (κ2) is 10.9. The summed E-state index contributed by atoms with van der Waals surface area (Å²) in [6.45, 7) is 7.98. The number of ether oxygens (including phenoxy) is 1. The summed E-state index contributed by atoms with van der Waals surface area (Å²) in [7, 11) is -3.66. The van der Waals surface area contributed by atoms with Crippen molar-refractivity contribution in [3.05, 3.63) is 53.1 Å². The molecule has 0 atom stereocenters. The Morgan fingerprint density at radius 3 is 2.38 bits per heavy atom. The van der Waals surface area contributed by atoms with Crippen LogP contribution in [0.25, 0.3) is 22.2 Å². The van der Waals surface area contributed by atoms with Gasteiger partial charge in [-0.25, -0.2) is 13.1 Å². The van der Waals surface area contributed by atoms with Crippen LogP contribution in [0.5, 0.6) is 0 Å². The molecule has 4 rings (SSSR count). The summed E-state index contributed by atoms with van der Waals surface area (Å²) < 4.78 is 33.2. The van der Waals surface area contributed by atoms with Crippen LogP contribution in [0, 0.1) is 6.92 Å². The van der Waals surface area contributed by atoms with Crippen LogP contribution in [0.2, 0.25) is 5.02 Å². The molecule has 0 amide bonds. The van der Waals surface area contributed by atoms with Crippen LogP contribution >= 0.6 is 11.6 Å². The van der Waals surface area contributed by atoms with Crippen molar-refractivity contribution in [2.24, 2.45) is 0 Å². The number of carbonyl (C=O) groups excluding carboxylic acids is 1. The number of aryl methyl sites for hydroxylation is 1. The van der Waals surface area contributed by atoms with Gasteiger partial charge in [-0.15, -0.1) is 0 Å². The molecule has 184 valence electrons. The van der Waals surface area contributed by atoms with Crippen molar-refractivity contribution in [3.8, 4) is 11.3 Å². The lowest BCUT2D eigenvalue weighted by Gasteiger charge is -2.23. The molecule has 1 aromatic heterocycles. The number of sulfonamides is 1. The van der Waals surface area contributed by atoms with E-state index in [4.69, 9.17) is 11.6 Å². The van der Waals surface area contributed by atoms with Gasteiger partial charge < -0.3 is 9.72 Å². The molecule has 0 aliphatic heterocycles. The Bertz CT molecular complexity index is 1240. The third kappa shape index (κ3) is 6.84. The van der Waals surface area contributed by atoms with Gasteiger partial charge in [-0.2, -0.15) is 0 Å². The second-order valence-corrected chi connectivity index (χ2v) is 11.7. The number of rotatable bonds is 5. The zero-order chi connectivity index (χ0) is 24.9. The fourth-order valence-corrected chi connectivity index (χ4v) is 5.82. The van der Waals surface area contributed by atoms with E-state index in [2.05, 4.69) is 33.5 Å². The monoisotopic (exact) mass is 504 g/mol. The van der Waals surface area contributed by atoms with Gasteiger partial charge in [0.1, 0.15) is 10.5 Å². The Morgan fingerprint density at radius 1 is 1.09 bits per heavy atom. The summed E-state index contributed by atoms with van der Waals surface area (Å²) in [4.78, 5) is 13.1. The summed E-state index contributed by atoms with van der Waals surface area (Å²) in [5, 5.41) is 1.38. The maximum atomic E-state index is 12.9. The molecule has 0 unspecified atom stereocenters. The van der Waals surface area contributed by atoms with Crippen LogP contribution in [-0.4, -0.2) is 31.5 Å². The molecule has 6 nitrogen and oxygen atoms in total. The van der Waals surface area contributed by atoms with E-state index in [-0.39, 0.29) is 21.6 Å². The highest BCUT2D eigenvalue weighted by atomic mass is 35.5. The zero-order valence-corrected chi connectivity index (χ0v) is 21.7. The lowest BCUT2D eigenvalue weighted by Crippen LogP contribution is -2.36. The third-order valence-corrected chi connectivity index (χ3v) is 7.74. The quantitative estimate of drug-likeness (QED) is 0.395. The average Bonchev–Trinajstić information content (AvgIpc) is 3.20. The van der Waals surface area contributed by atoms with Gasteiger partial charge in [0, 0.05) is 22.6 Å². The predicted octanol–water partition coefficient (Wildman–Crippen LogP) is 6.37. The number of fused-ring (bicyclic) bond motifs is 1. The number of H-pyrrole nitrogens is 1. The van der Waals surface area contributed by atoms with E-state index in [1.54, 1.807) is 12.1 Å². The smallest absolute Gasteiger partial charge is 0.293 e. The second-order valence-electron chi connectivity index (χ2n) is 9.65. The molecule has 1 aliphatic carbocycles. The predicted molar refractivity (Wildman–Crippen MR) is 138 cm³/mol. The molecule has 34 heavy (non-hydrogen) atoms. The van der Waals surface area contributed by atoms with Crippen molar-refractivity contribution in [2.45, 2.75) is 76.3 Å². The molecule has 2 N–H and O–H groups in total. The number of aromatic nitrogens is 1. The van der Waals surface area contributed by atoms with E-state index < -0.39 is 10.0 Å². The van der Waals surface area contributed by atoms with Crippen molar-refractivity contribution < 1.29 is 17.9 Å². The van der Waals surface area contributed by atoms with Crippen LogP contribution in [0.1, 0.15) is 58.4 Å². The topological polar surface area (TPSA) is 88.3 Å². The molecule has 3 aromatic rings. The molecule has 1 fully saturated rings. The molecule has 0 bridgehead atoms. The SMILES string of the molecule is CC(C)(C)OC=O.Cc1cccc2[nH]c(-c3ccc(Cl)c(S(=O)(=O)NC4CCCCC4)c3)cc12. The standard InChI is InChI=1S/C21H23ClN2O2S.C5H10O2/c1-14-6-5-9-19-17(14)13-20(23-19)15-10-11-18(22)21(12-15)27(25,26)24-16-7-3-2-4-8-16;1-5(2,3)7-4-6/h5-6,9-13,16,23-24H,2-4,7-8H2,1H3;4H,1-3H3. The van der Waals surface area contributed by atoms with Crippen LogP contribution < -0.4 is 4.72 Å². The summed E-state index contributed by atoms with van der Waals surface area (Å²) in [5.74, 6) is 0. The maximum Gasteiger partial charge on any atom is 0.293 e. The highest BCUT2D eigenvalue weighted by Crippen LogP contribution is 2.31. The Hall–Kier alpha value is -2.35. The van der Waals surface area contributed by atoms with E-state index in [0.29, 0.717) is 6.47 Å². The van der Waals surface area contributed by atoms with Gasteiger partial charge in [0.05, 0.1) is 5.02 Å². The minimum Gasteiger partial charge on any atom is -0.462 e. The minimum atomic E-state index is -3.66. The van der Waals surface area contributed by atoms with Gasteiger partial charge in [-0.3, -0.25) is 4.79 Å². The average molecular weight is 505 g/mol. The van der Waals surface area contributed by atoms with Crippen molar-refractivity contribution in [3.63, 3.8) is 0 Å². The van der Waals surface area contributed by atoms with Gasteiger partial charge in [-0.05, 0) is 75.9 Å². The number of carbonyl (C=O) groups is 1. The van der Waals surface area contributed by atoms with Crippen molar-refractivity contribution >= 4 is 39.0 Å². The summed E-state index contributed by atoms with van der Waals surface area (Å²) in [5.41, 5.74) is 3.58. The van der Waals surface area contributed by atoms with Crippen molar-refractivity contribution in [2.75, 3.05) is 0 Å². The molecule has 1 heterocycles. The van der Waals surface area contributed by atoms with Gasteiger partial charge >= 0.3 is 0 Å². The number of nitrogens with one attached hydrogen (secondary N) is 2. The van der Waals surface area contributed by atoms with E-state index in [9.17, 15) is 13.2 Å². The van der Waals surface area contributed by atoms with Crippen molar-refractivity contribution in [1.82, 2.24) is 9.71 Å². The molecule has 0 saturated heterocycles. The van der Waals surface area contributed by atoms with Crippen LogP contribution in [-0.2, 0) is 19.6 Å². The molecule has 2 aromatic carbocycles. The molecular formula is C26H33ClN2O4S. The number of halogens is 1. The van der Waals surface area contributed by atoms with E-state index in [0.717, 1.165) is 47.8 Å². The first-order valence-electron chi connectivity index (χ1n) is 11.5. The van der Waals surface area contributed by atoms with Gasteiger partial charge in [0.2, 0.25) is 10.0 Å². The fraction of sp³-hybridized carbons (Fsp3) is 0.423. The van der Waals surface area contributed by atoms with Gasteiger partial charge in [-0.1, -0.05) is 49.1 Å². The minimum absolute atomic E-state index is 0.000742. The van der Waals surface area contributed by atoms with Crippen molar-refractivity contribution in [1.29, 1.82) is 0 Å². The Labute approximate surface area is 207 Å².